The van der Waals surface area contributed by atoms with E-state index in [4.69, 9.17) is 0 Å². The van der Waals surface area contributed by atoms with Gasteiger partial charge >= 0.3 is 0 Å². The molecule has 0 spiro atoms. The summed E-state index contributed by atoms with van der Waals surface area (Å²) in [5.41, 5.74) is 0. The summed E-state index contributed by atoms with van der Waals surface area (Å²) in [5.74, 6) is 0.193. The normalized spacial score (nSPS) is 12.4. The maximum Gasteiger partial charge on any atom is 0.194 e. The maximum absolute atomic E-state index is 12.6. The van der Waals surface area contributed by atoms with E-state index in [1.54, 1.807) is 11.3 Å². The average Bonchev–Trinajstić information content (AvgIpc) is 3.14. The summed E-state index contributed by atoms with van der Waals surface area (Å²) in [4.78, 5) is 14.5. The Morgan fingerprint density at radius 2 is 1.95 bits per heavy atom. The molecule has 0 aliphatic heterocycles. The van der Waals surface area contributed by atoms with Crippen molar-refractivity contribution in [1.82, 2.24) is 5.32 Å². The molecule has 2 rings (SSSR count). The second-order valence-corrected chi connectivity index (χ2v) is 6.73. The van der Waals surface area contributed by atoms with Crippen LogP contribution in [0.1, 0.15) is 53.2 Å². The molecule has 108 valence electrons. The van der Waals surface area contributed by atoms with Crippen LogP contribution in [0.2, 0.25) is 0 Å². The highest BCUT2D eigenvalue weighted by molar-refractivity contribution is 7.12. The number of carbonyl (C=O) groups excluding carboxylic acids is 1. The van der Waals surface area contributed by atoms with Gasteiger partial charge in [0.15, 0.2) is 5.78 Å². The monoisotopic (exact) mass is 307 g/mol. The summed E-state index contributed by atoms with van der Waals surface area (Å²) in [5, 5.41) is 7.43. The second kappa shape index (κ2) is 8.35. The quantitative estimate of drug-likeness (QED) is 0.527. The van der Waals surface area contributed by atoms with Crippen LogP contribution in [-0.4, -0.2) is 12.3 Å². The highest BCUT2D eigenvalue weighted by Gasteiger charge is 2.22. The highest BCUT2D eigenvalue weighted by atomic mass is 32.1. The minimum absolute atomic E-state index is 0.185. The molecular weight excluding hydrogens is 286 g/mol. The summed E-state index contributed by atoms with van der Waals surface area (Å²) < 4.78 is 0. The molecule has 0 saturated carbocycles. The lowest BCUT2D eigenvalue weighted by Gasteiger charge is -2.15. The largest absolute Gasteiger partial charge is 0.303 e. The van der Waals surface area contributed by atoms with Gasteiger partial charge in [-0.1, -0.05) is 38.3 Å². The molecule has 0 fully saturated rings. The first kappa shape index (κ1) is 15.4. The number of hydrogen-bond donors (Lipinski definition) is 1. The zero-order chi connectivity index (χ0) is 14.2. The minimum atomic E-state index is -0.185. The second-order valence-electron chi connectivity index (χ2n) is 4.80. The van der Waals surface area contributed by atoms with E-state index in [-0.39, 0.29) is 11.8 Å². The summed E-state index contributed by atoms with van der Waals surface area (Å²) in [6.45, 7) is 3.11. The van der Waals surface area contributed by atoms with Gasteiger partial charge in [-0.25, -0.2) is 0 Å². The molecule has 0 bridgehead atoms. The zero-order valence-electron chi connectivity index (χ0n) is 11.8. The Kier molecular flexibility index (Phi) is 6.43. The fourth-order valence-corrected chi connectivity index (χ4v) is 3.63. The fourth-order valence-electron chi connectivity index (χ4n) is 2.14. The van der Waals surface area contributed by atoms with E-state index in [1.807, 2.05) is 35.0 Å². The minimum Gasteiger partial charge on any atom is -0.303 e. The van der Waals surface area contributed by atoms with Gasteiger partial charge in [-0.3, -0.25) is 4.79 Å². The SMILES string of the molecule is CCCCCCNC(C(=O)c1cccs1)c1cccs1. The van der Waals surface area contributed by atoms with Crippen molar-refractivity contribution in [3.8, 4) is 0 Å². The number of carbonyl (C=O) groups is 1. The number of rotatable bonds is 9. The zero-order valence-corrected chi connectivity index (χ0v) is 13.4. The molecule has 2 heterocycles. The summed E-state index contributed by atoms with van der Waals surface area (Å²) in [6, 6.07) is 7.71. The molecule has 0 amide bonds. The molecule has 0 radical (unpaired) electrons. The van der Waals surface area contributed by atoms with Crippen LogP contribution in [0, 0.1) is 0 Å². The first-order valence-electron chi connectivity index (χ1n) is 7.17. The Morgan fingerprint density at radius 1 is 1.15 bits per heavy atom. The van der Waals surface area contributed by atoms with Gasteiger partial charge in [0.1, 0.15) is 6.04 Å². The van der Waals surface area contributed by atoms with Crippen LogP contribution in [0.25, 0.3) is 0 Å². The molecule has 2 aromatic rings. The number of Topliss-reactive ketones (excluding diaryl/α,β-unsaturated/α-hetero) is 1. The molecule has 20 heavy (non-hydrogen) atoms. The molecule has 2 aromatic heterocycles. The van der Waals surface area contributed by atoms with Crippen molar-refractivity contribution < 1.29 is 4.79 Å². The Hall–Kier alpha value is -0.970. The predicted octanol–water partition coefficient (Wildman–Crippen LogP) is 4.90. The average molecular weight is 307 g/mol. The van der Waals surface area contributed by atoms with E-state index in [2.05, 4.69) is 12.2 Å². The maximum atomic E-state index is 12.6. The van der Waals surface area contributed by atoms with Gasteiger partial charge in [-0.2, -0.15) is 0 Å². The van der Waals surface area contributed by atoms with Crippen LogP contribution < -0.4 is 5.32 Å². The first-order valence-corrected chi connectivity index (χ1v) is 8.93. The molecule has 2 nitrogen and oxygen atoms in total. The third kappa shape index (κ3) is 4.27. The van der Waals surface area contributed by atoms with Crippen LogP contribution in [0.5, 0.6) is 0 Å². The third-order valence-electron chi connectivity index (χ3n) is 3.23. The van der Waals surface area contributed by atoms with Crippen molar-refractivity contribution in [2.45, 2.75) is 38.6 Å². The van der Waals surface area contributed by atoms with Crippen molar-refractivity contribution in [2.75, 3.05) is 6.54 Å². The van der Waals surface area contributed by atoms with Gasteiger partial charge in [0.2, 0.25) is 0 Å². The molecule has 0 aliphatic rings. The van der Waals surface area contributed by atoms with Crippen molar-refractivity contribution in [1.29, 1.82) is 0 Å². The summed E-state index contributed by atoms with van der Waals surface area (Å²) in [6.07, 6.45) is 4.87. The number of unbranched alkanes of at least 4 members (excludes halogenated alkanes) is 3. The van der Waals surface area contributed by atoms with Crippen LogP contribution in [0.15, 0.2) is 35.0 Å². The van der Waals surface area contributed by atoms with Crippen LogP contribution in [0.4, 0.5) is 0 Å². The standard InChI is InChI=1S/C16H21NOS2/c1-2-3-4-5-10-17-15(13-8-6-11-19-13)16(18)14-9-7-12-20-14/h6-9,11-12,15,17H,2-5,10H2,1H3. The van der Waals surface area contributed by atoms with E-state index in [0.717, 1.165) is 22.7 Å². The van der Waals surface area contributed by atoms with Gasteiger partial charge in [0.05, 0.1) is 4.88 Å². The van der Waals surface area contributed by atoms with Crippen molar-refractivity contribution >= 4 is 28.5 Å². The molecular formula is C16H21NOS2. The van der Waals surface area contributed by atoms with E-state index < -0.39 is 0 Å². The van der Waals surface area contributed by atoms with Crippen molar-refractivity contribution in [2.24, 2.45) is 0 Å². The van der Waals surface area contributed by atoms with Gasteiger partial charge in [0, 0.05) is 4.88 Å². The summed E-state index contributed by atoms with van der Waals surface area (Å²) >= 11 is 3.17. The van der Waals surface area contributed by atoms with Crippen molar-refractivity contribution in [3.63, 3.8) is 0 Å². The van der Waals surface area contributed by atoms with Crippen molar-refractivity contribution in [3.05, 3.63) is 44.8 Å². The van der Waals surface area contributed by atoms with E-state index in [9.17, 15) is 4.79 Å². The lowest BCUT2D eigenvalue weighted by Crippen LogP contribution is -2.28. The molecule has 4 heteroatoms. The van der Waals surface area contributed by atoms with E-state index in [1.165, 1.54) is 30.6 Å². The molecule has 1 atom stereocenters. The Morgan fingerprint density at radius 3 is 2.60 bits per heavy atom. The topological polar surface area (TPSA) is 29.1 Å². The lowest BCUT2D eigenvalue weighted by atomic mass is 10.1. The number of thiophene rings is 2. The molecule has 1 unspecified atom stereocenters. The molecule has 1 N–H and O–H groups in total. The fraction of sp³-hybridized carbons (Fsp3) is 0.438. The predicted molar refractivity (Wildman–Crippen MR) is 87.9 cm³/mol. The molecule has 0 aromatic carbocycles. The number of nitrogens with one attached hydrogen (secondary N) is 1. The first-order chi connectivity index (χ1) is 9.83. The Balaban J connectivity index is 1.97. The van der Waals surface area contributed by atoms with E-state index in [0.29, 0.717) is 0 Å². The van der Waals surface area contributed by atoms with Crippen LogP contribution >= 0.6 is 22.7 Å². The smallest absolute Gasteiger partial charge is 0.194 e. The number of hydrogen-bond acceptors (Lipinski definition) is 4. The van der Waals surface area contributed by atoms with Gasteiger partial charge in [-0.15, -0.1) is 22.7 Å². The Bertz CT molecular complexity index is 491. The van der Waals surface area contributed by atoms with Gasteiger partial charge in [-0.05, 0) is 35.9 Å². The highest BCUT2D eigenvalue weighted by Crippen LogP contribution is 2.25. The van der Waals surface area contributed by atoms with Crippen LogP contribution in [0.3, 0.4) is 0 Å². The Labute approximate surface area is 128 Å². The summed E-state index contributed by atoms with van der Waals surface area (Å²) in [7, 11) is 0. The molecule has 0 saturated heterocycles. The van der Waals surface area contributed by atoms with Gasteiger partial charge < -0.3 is 5.32 Å². The molecule has 0 aliphatic carbocycles. The van der Waals surface area contributed by atoms with Gasteiger partial charge in [0.25, 0.3) is 0 Å². The number of ketones is 1. The van der Waals surface area contributed by atoms with E-state index >= 15 is 0 Å². The lowest BCUT2D eigenvalue weighted by molar-refractivity contribution is 0.0948. The third-order valence-corrected chi connectivity index (χ3v) is 5.05. The van der Waals surface area contributed by atoms with Crippen LogP contribution in [-0.2, 0) is 0 Å².